The molecular formula is C28H29N9O. The van der Waals surface area contributed by atoms with Crippen molar-refractivity contribution in [1.29, 1.82) is 0 Å². The lowest BCUT2D eigenvalue weighted by molar-refractivity contribution is -0.122. The van der Waals surface area contributed by atoms with Crippen molar-refractivity contribution in [2.45, 2.75) is 19.3 Å². The molecule has 5 heterocycles. The van der Waals surface area contributed by atoms with E-state index in [9.17, 15) is 4.79 Å². The number of anilines is 2. The number of fused-ring (bicyclic) bond motifs is 2. The Morgan fingerprint density at radius 2 is 1.82 bits per heavy atom. The Bertz CT molecular complexity index is 1640. The fourth-order valence-electron chi connectivity index (χ4n) is 5.26. The Morgan fingerprint density at radius 1 is 0.974 bits per heavy atom. The van der Waals surface area contributed by atoms with Crippen LogP contribution in [0.25, 0.3) is 44.6 Å². The number of benzene rings is 1. The zero-order chi connectivity index (χ0) is 25.6. The standard InChI is InChI=1S/C28H29N9O/c1-36-7-9-37(10-8-36)24-16-30-15-23-26(24)33-27(32-23)25-21-12-18(5-6-22(21)34-35-25)19-11-20(14-29-13-19)31-28(38)17-3-2-4-17/h5-6,11-17H,2-4,7-10H2,1H3,(H,31,38)(H,32,33)(H,34,35). The summed E-state index contributed by atoms with van der Waals surface area (Å²) >= 11 is 0. The summed E-state index contributed by atoms with van der Waals surface area (Å²) in [5.41, 5.74) is 7.15. The Balaban J connectivity index is 1.22. The molecule has 1 aliphatic carbocycles. The molecule has 5 aromatic rings. The van der Waals surface area contributed by atoms with Crippen LogP contribution >= 0.6 is 0 Å². The van der Waals surface area contributed by atoms with Crippen molar-refractivity contribution < 1.29 is 4.79 Å². The Morgan fingerprint density at radius 3 is 2.63 bits per heavy atom. The van der Waals surface area contributed by atoms with Gasteiger partial charge in [-0.2, -0.15) is 5.10 Å². The van der Waals surface area contributed by atoms with E-state index in [1.807, 2.05) is 36.8 Å². The second-order valence-electron chi connectivity index (χ2n) is 10.3. The molecule has 10 heteroatoms. The molecule has 38 heavy (non-hydrogen) atoms. The van der Waals surface area contributed by atoms with E-state index in [2.05, 4.69) is 53.4 Å². The monoisotopic (exact) mass is 507 g/mol. The fraction of sp³-hybridized carbons (Fsp3) is 0.321. The molecule has 1 aliphatic heterocycles. The lowest BCUT2D eigenvalue weighted by atomic mass is 9.85. The fourth-order valence-corrected chi connectivity index (χ4v) is 5.26. The van der Waals surface area contributed by atoms with Crippen molar-refractivity contribution in [1.82, 2.24) is 35.0 Å². The van der Waals surface area contributed by atoms with Gasteiger partial charge in [-0.05, 0) is 43.7 Å². The molecule has 2 fully saturated rings. The van der Waals surface area contributed by atoms with Gasteiger partial charge in [0, 0.05) is 49.2 Å². The molecule has 10 nitrogen and oxygen atoms in total. The van der Waals surface area contributed by atoms with Gasteiger partial charge >= 0.3 is 0 Å². The van der Waals surface area contributed by atoms with E-state index in [0.29, 0.717) is 11.5 Å². The summed E-state index contributed by atoms with van der Waals surface area (Å²) in [5, 5.41) is 11.7. The first-order valence-electron chi connectivity index (χ1n) is 13.1. The van der Waals surface area contributed by atoms with Gasteiger partial charge in [0.1, 0.15) is 11.2 Å². The van der Waals surface area contributed by atoms with E-state index >= 15 is 0 Å². The van der Waals surface area contributed by atoms with Crippen LogP contribution in [0, 0.1) is 5.92 Å². The van der Waals surface area contributed by atoms with Gasteiger partial charge in [-0.1, -0.05) is 12.5 Å². The minimum atomic E-state index is 0.0816. The van der Waals surface area contributed by atoms with Gasteiger partial charge in [-0.3, -0.25) is 19.9 Å². The van der Waals surface area contributed by atoms with Crippen molar-refractivity contribution >= 4 is 39.2 Å². The highest BCUT2D eigenvalue weighted by atomic mass is 16.1. The number of imidazole rings is 1. The first-order chi connectivity index (χ1) is 18.6. The average molecular weight is 508 g/mol. The molecule has 0 spiro atoms. The van der Waals surface area contributed by atoms with Crippen LogP contribution in [0.2, 0.25) is 0 Å². The van der Waals surface area contributed by atoms with E-state index in [-0.39, 0.29) is 11.8 Å². The summed E-state index contributed by atoms with van der Waals surface area (Å²) in [7, 11) is 2.15. The van der Waals surface area contributed by atoms with Gasteiger partial charge in [0.2, 0.25) is 5.91 Å². The first-order valence-corrected chi connectivity index (χ1v) is 13.1. The number of pyridine rings is 2. The number of H-pyrrole nitrogens is 2. The number of amides is 1. The predicted octanol–water partition coefficient (Wildman–Crippen LogP) is 4.05. The maximum absolute atomic E-state index is 12.4. The molecular weight excluding hydrogens is 478 g/mol. The molecule has 3 N–H and O–H groups in total. The topological polar surface area (TPSA) is 119 Å². The number of carbonyl (C=O) groups excluding carboxylic acids is 1. The van der Waals surface area contributed by atoms with Gasteiger partial charge < -0.3 is 20.1 Å². The molecule has 1 saturated carbocycles. The Labute approximate surface area is 219 Å². The van der Waals surface area contributed by atoms with Crippen LogP contribution in [0.3, 0.4) is 0 Å². The van der Waals surface area contributed by atoms with Gasteiger partial charge in [-0.25, -0.2) is 4.98 Å². The van der Waals surface area contributed by atoms with Crippen LogP contribution in [0.1, 0.15) is 19.3 Å². The third-order valence-electron chi connectivity index (χ3n) is 7.82. The zero-order valence-corrected chi connectivity index (χ0v) is 21.2. The zero-order valence-electron chi connectivity index (χ0n) is 21.2. The lowest BCUT2D eigenvalue weighted by Gasteiger charge is -2.33. The van der Waals surface area contributed by atoms with Crippen molar-refractivity contribution in [3.8, 4) is 22.6 Å². The van der Waals surface area contributed by atoms with Gasteiger partial charge in [0.15, 0.2) is 5.82 Å². The highest BCUT2D eigenvalue weighted by molar-refractivity contribution is 5.98. The van der Waals surface area contributed by atoms with Gasteiger partial charge in [0.05, 0.1) is 41.0 Å². The number of aromatic amines is 2. The van der Waals surface area contributed by atoms with Crippen molar-refractivity contribution in [2.24, 2.45) is 5.92 Å². The van der Waals surface area contributed by atoms with Crippen LogP contribution in [-0.4, -0.2) is 74.2 Å². The minimum Gasteiger partial charge on any atom is -0.366 e. The van der Waals surface area contributed by atoms with E-state index < -0.39 is 0 Å². The summed E-state index contributed by atoms with van der Waals surface area (Å²) < 4.78 is 0. The maximum Gasteiger partial charge on any atom is 0.227 e. The summed E-state index contributed by atoms with van der Waals surface area (Å²) in [5.74, 6) is 0.906. The summed E-state index contributed by atoms with van der Waals surface area (Å²) in [6.45, 7) is 3.92. The van der Waals surface area contributed by atoms with Crippen LogP contribution in [0.5, 0.6) is 0 Å². The van der Waals surface area contributed by atoms with Crippen LogP contribution in [0.15, 0.2) is 49.1 Å². The second-order valence-corrected chi connectivity index (χ2v) is 10.3. The molecule has 1 amide bonds. The largest absolute Gasteiger partial charge is 0.366 e. The molecule has 0 unspecified atom stereocenters. The smallest absolute Gasteiger partial charge is 0.227 e. The predicted molar refractivity (Wildman–Crippen MR) is 148 cm³/mol. The molecule has 1 aromatic carbocycles. The summed E-state index contributed by atoms with van der Waals surface area (Å²) in [6.07, 6.45) is 10.3. The summed E-state index contributed by atoms with van der Waals surface area (Å²) in [6, 6.07) is 8.11. The Kier molecular flexibility index (Phi) is 5.54. The molecule has 0 bridgehead atoms. The molecule has 4 aromatic heterocycles. The molecule has 0 atom stereocenters. The lowest BCUT2D eigenvalue weighted by Crippen LogP contribution is -2.44. The molecule has 1 saturated heterocycles. The SMILES string of the molecule is CN1CCN(c2cncc3[nH]c(-c4n[nH]c5ccc(-c6cncc(NC(=O)C7CCC7)c6)cc45)nc23)CC1. The van der Waals surface area contributed by atoms with Crippen molar-refractivity contribution in [2.75, 3.05) is 43.4 Å². The number of nitrogens with zero attached hydrogens (tertiary/aromatic N) is 6. The van der Waals surface area contributed by atoms with Crippen LogP contribution < -0.4 is 10.2 Å². The minimum absolute atomic E-state index is 0.0816. The van der Waals surface area contributed by atoms with E-state index in [1.54, 1.807) is 6.20 Å². The van der Waals surface area contributed by atoms with E-state index in [4.69, 9.17) is 4.98 Å². The third kappa shape index (κ3) is 4.06. The number of aromatic nitrogens is 6. The quantitative estimate of drug-likeness (QED) is 0.328. The van der Waals surface area contributed by atoms with E-state index in [0.717, 1.165) is 89.9 Å². The van der Waals surface area contributed by atoms with Gasteiger partial charge in [0.25, 0.3) is 0 Å². The van der Waals surface area contributed by atoms with E-state index in [1.165, 1.54) is 0 Å². The molecule has 2 aliphatic rings. The van der Waals surface area contributed by atoms with Crippen LogP contribution in [-0.2, 0) is 4.79 Å². The number of piperazine rings is 1. The summed E-state index contributed by atoms with van der Waals surface area (Å²) in [4.78, 5) is 34.4. The number of rotatable bonds is 5. The second kappa shape index (κ2) is 9.21. The normalized spacial score (nSPS) is 16.7. The third-order valence-corrected chi connectivity index (χ3v) is 7.82. The van der Waals surface area contributed by atoms with Crippen molar-refractivity contribution in [3.63, 3.8) is 0 Å². The molecule has 0 radical (unpaired) electrons. The molecule has 192 valence electrons. The maximum atomic E-state index is 12.4. The highest BCUT2D eigenvalue weighted by Gasteiger charge is 2.25. The molecule has 7 rings (SSSR count). The number of likely N-dealkylation sites (N-methyl/N-ethyl adjacent to an activating group) is 1. The number of hydrogen-bond acceptors (Lipinski definition) is 7. The average Bonchev–Trinajstić information content (AvgIpc) is 3.52. The van der Waals surface area contributed by atoms with Gasteiger partial charge in [-0.15, -0.1) is 0 Å². The number of carbonyl (C=O) groups is 1. The van der Waals surface area contributed by atoms with Crippen molar-refractivity contribution in [3.05, 3.63) is 49.1 Å². The first kappa shape index (κ1) is 22.9. The van der Waals surface area contributed by atoms with Crippen LogP contribution in [0.4, 0.5) is 11.4 Å². The highest BCUT2D eigenvalue weighted by Crippen LogP contribution is 2.33. The number of hydrogen-bond donors (Lipinski definition) is 3. The Hall–Kier alpha value is -4.31. The number of nitrogens with one attached hydrogen (secondary N) is 3.